The fourth-order valence-corrected chi connectivity index (χ4v) is 12.8. The van der Waals surface area contributed by atoms with Gasteiger partial charge in [0.2, 0.25) is 0 Å². The van der Waals surface area contributed by atoms with E-state index in [1.54, 1.807) is 45.0 Å². The molecule has 10 nitrogen and oxygen atoms in total. The van der Waals surface area contributed by atoms with E-state index in [1.165, 1.54) is 16.3 Å². The Labute approximate surface area is 421 Å². The molecular formula is C55H55F4N3O7S3. The van der Waals surface area contributed by atoms with Crippen LogP contribution in [0.5, 0.6) is 0 Å². The number of hydrogen-bond acceptors (Lipinski definition) is 10. The lowest BCUT2D eigenvalue weighted by molar-refractivity contribution is -0.153. The first kappa shape index (κ1) is 52.3. The van der Waals surface area contributed by atoms with Crippen molar-refractivity contribution in [2.75, 3.05) is 17.7 Å². The highest BCUT2D eigenvalue weighted by molar-refractivity contribution is 8.04. The van der Waals surface area contributed by atoms with Gasteiger partial charge in [-0.25, -0.2) is 39.4 Å². The molecule has 2 N–H and O–H groups in total. The van der Waals surface area contributed by atoms with E-state index < -0.39 is 69.4 Å². The maximum Gasteiger partial charge on any atom is 0.311 e. The van der Waals surface area contributed by atoms with Gasteiger partial charge >= 0.3 is 5.97 Å². The maximum atomic E-state index is 15.8. The van der Waals surface area contributed by atoms with E-state index in [0.717, 1.165) is 50.9 Å². The summed E-state index contributed by atoms with van der Waals surface area (Å²) in [5.41, 5.74) is 7.83. The molecule has 2 aliphatic heterocycles. The van der Waals surface area contributed by atoms with E-state index in [-0.39, 0.29) is 47.4 Å². The molecule has 0 bridgehead atoms. The minimum atomic E-state index is -5.92. The van der Waals surface area contributed by atoms with E-state index in [9.17, 15) is 21.6 Å². The lowest BCUT2D eigenvalue weighted by Crippen LogP contribution is -2.33. The van der Waals surface area contributed by atoms with Crippen LogP contribution in [-0.2, 0) is 36.0 Å². The number of para-hydroxylation sites is 2. The van der Waals surface area contributed by atoms with Crippen molar-refractivity contribution in [3.63, 3.8) is 0 Å². The minimum absolute atomic E-state index is 0.0257. The molecule has 378 valence electrons. The maximum absolute atomic E-state index is 15.8. The molecule has 8 rings (SSSR count). The third kappa shape index (κ3) is 9.92. The number of carbonyl (C=O) groups is 1. The number of fused-ring (bicyclic) bond motifs is 4. The van der Waals surface area contributed by atoms with Crippen LogP contribution in [0.25, 0.3) is 33.4 Å². The summed E-state index contributed by atoms with van der Waals surface area (Å²) in [6, 6.07) is 26.6. The van der Waals surface area contributed by atoms with Gasteiger partial charge in [0.1, 0.15) is 18.0 Å². The second-order valence-corrected chi connectivity index (χ2v) is 24.1. The van der Waals surface area contributed by atoms with E-state index in [2.05, 4.69) is 52.9 Å². The number of anilines is 2. The minimum Gasteiger partial charge on any atom is -0.464 e. The SMILES string of the molecule is CCC(C)(C)C(=O)OCCSc1c(F)c(F)c(S(=O)(=O)NS(=O)(=O)c2ccccc2-c2c3ccc(=Nc4c(C(C)C)cccc4C(C)C)cc-3oc3cc4c(cc23)Cc2cccc(C(C)C)c2N4)c(F)c1F. The lowest BCUT2D eigenvalue weighted by Gasteiger charge is -2.26. The van der Waals surface area contributed by atoms with E-state index in [1.807, 2.05) is 42.5 Å². The number of thioether (sulfide) groups is 1. The number of benzene rings is 6. The van der Waals surface area contributed by atoms with Gasteiger partial charge in [0.15, 0.2) is 28.2 Å². The summed E-state index contributed by atoms with van der Waals surface area (Å²) in [5, 5.41) is 4.60. The Hall–Kier alpha value is -6.01. The number of ether oxygens (including phenoxy) is 1. The highest BCUT2D eigenvalue weighted by Gasteiger charge is 2.38. The number of nitrogens with one attached hydrogen (secondary N) is 2. The number of hydrogen-bond donors (Lipinski definition) is 2. The topological polar surface area (TPSA) is 144 Å². The van der Waals surface area contributed by atoms with Crippen LogP contribution in [0.3, 0.4) is 0 Å². The molecule has 2 heterocycles. The molecule has 17 heteroatoms. The van der Waals surface area contributed by atoms with Crippen LogP contribution in [-0.4, -0.2) is 35.2 Å². The zero-order valence-electron chi connectivity index (χ0n) is 41.3. The third-order valence-corrected chi connectivity index (χ3v) is 17.7. The second kappa shape index (κ2) is 20.1. The molecule has 0 saturated heterocycles. The molecule has 0 fully saturated rings. The summed E-state index contributed by atoms with van der Waals surface area (Å²) in [4.78, 5) is 13.5. The first-order valence-corrected chi connectivity index (χ1v) is 27.5. The number of halogens is 4. The van der Waals surface area contributed by atoms with E-state index in [4.69, 9.17) is 14.1 Å². The van der Waals surface area contributed by atoms with Crippen molar-refractivity contribution in [3.8, 4) is 22.5 Å². The van der Waals surface area contributed by atoms with Crippen molar-refractivity contribution in [2.24, 2.45) is 10.4 Å². The zero-order chi connectivity index (χ0) is 52.2. The number of esters is 1. The fraction of sp³-hybridized carbons (Fsp3) is 0.309. The normalized spacial score (nSPS) is 13.3. The molecular weight excluding hydrogens is 987 g/mol. The van der Waals surface area contributed by atoms with Gasteiger partial charge < -0.3 is 14.5 Å². The Balaban J connectivity index is 1.26. The molecule has 0 aromatic heterocycles. The van der Waals surface area contributed by atoms with Crippen molar-refractivity contribution in [1.82, 2.24) is 4.13 Å². The number of rotatable bonds is 15. The summed E-state index contributed by atoms with van der Waals surface area (Å²) in [5.74, 6) is -9.01. The van der Waals surface area contributed by atoms with Gasteiger partial charge in [-0.05, 0) is 90.1 Å². The first-order chi connectivity index (χ1) is 33.9. The smallest absolute Gasteiger partial charge is 0.311 e. The third-order valence-electron chi connectivity index (χ3n) is 13.1. The van der Waals surface area contributed by atoms with Gasteiger partial charge in [-0.2, -0.15) is 0 Å². The zero-order valence-corrected chi connectivity index (χ0v) is 43.7. The summed E-state index contributed by atoms with van der Waals surface area (Å²) in [7, 11) is -11.3. The molecule has 0 radical (unpaired) electrons. The van der Waals surface area contributed by atoms with Crippen LogP contribution < -0.4 is 14.8 Å². The van der Waals surface area contributed by atoms with Gasteiger partial charge in [-0.3, -0.25) is 4.79 Å². The molecule has 3 aliphatic rings. The van der Waals surface area contributed by atoms with Gasteiger partial charge in [-0.15, -0.1) is 15.9 Å². The number of nitrogens with zero attached hydrogens (tertiary/aromatic N) is 1. The Morgan fingerprint density at radius 2 is 1.39 bits per heavy atom. The number of sulfonamides is 2. The van der Waals surface area contributed by atoms with Crippen LogP contribution >= 0.6 is 11.8 Å². The molecule has 0 unspecified atom stereocenters. The largest absolute Gasteiger partial charge is 0.464 e. The second-order valence-electron chi connectivity index (χ2n) is 19.4. The number of carbonyl (C=O) groups excluding carboxylic acids is 1. The van der Waals surface area contributed by atoms with Crippen LogP contribution in [0.1, 0.15) is 114 Å². The average Bonchev–Trinajstić information content (AvgIpc) is 3.32. The van der Waals surface area contributed by atoms with Crippen LogP contribution in [0.15, 0.2) is 115 Å². The Bertz CT molecular complexity index is 3520. The average molecular weight is 1040 g/mol. The fourth-order valence-electron chi connectivity index (χ4n) is 8.81. The summed E-state index contributed by atoms with van der Waals surface area (Å²) in [6.07, 6.45) is 0.934. The van der Waals surface area contributed by atoms with Crippen LogP contribution in [0, 0.1) is 28.7 Å². The lowest BCUT2D eigenvalue weighted by atomic mass is 9.88. The van der Waals surface area contributed by atoms with Crippen molar-refractivity contribution < 1.29 is 48.3 Å². The standard InChI is InChI=1S/C55H55F4N3O7S3/c1-10-55(8,9)54(63)68-23-24-70-52-46(56)48(58)53(49(59)47(52)57)72(66,67)62-71(64,65)44-20-12-11-16-39(44)45-38-22-21-34(60-51-36(30(4)5)18-14-19-37(51)31(6)7)27-42(38)69-43-28-41-33(26-40(43)45)25-32-15-13-17-35(29(2)3)50(32)61-41/h11-22,26-31,61-62H,10,23-25H2,1-9H3. The molecule has 0 saturated carbocycles. The Morgan fingerprint density at radius 3 is 2.03 bits per heavy atom. The summed E-state index contributed by atoms with van der Waals surface area (Å²) >= 11 is 0.246. The molecule has 72 heavy (non-hydrogen) atoms. The van der Waals surface area contributed by atoms with Gasteiger partial charge in [0, 0.05) is 57.8 Å². The summed E-state index contributed by atoms with van der Waals surface area (Å²) < 4.78 is 133. The highest BCUT2D eigenvalue weighted by atomic mass is 32.3. The van der Waals surface area contributed by atoms with Crippen LogP contribution in [0.4, 0.5) is 34.6 Å². The first-order valence-electron chi connectivity index (χ1n) is 23.6. The van der Waals surface area contributed by atoms with Crippen molar-refractivity contribution >= 4 is 65.8 Å². The quantitative estimate of drug-likeness (QED) is 0.0256. The molecule has 0 spiro atoms. The predicted octanol–water partition coefficient (Wildman–Crippen LogP) is 13.8. The molecule has 5 aromatic rings. The van der Waals surface area contributed by atoms with Crippen LogP contribution in [0.2, 0.25) is 0 Å². The predicted molar refractivity (Wildman–Crippen MR) is 274 cm³/mol. The molecule has 0 atom stereocenters. The van der Waals surface area contributed by atoms with Crippen molar-refractivity contribution in [1.29, 1.82) is 0 Å². The molecule has 5 aromatic carbocycles. The van der Waals surface area contributed by atoms with E-state index >= 15 is 17.6 Å². The monoisotopic (exact) mass is 1040 g/mol. The van der Waals surface area contributed by atoms with Gasteiger partial charge in [0.05, 0.1) is 26.3 Å². The summed E-state index contributed by atoms with van der Waals surface area (Å²) in [6.45, 7) is 17.2. The van der Waals surface area contributed by atoms with Gasteiger partial charge in [0.25, 0.3) is 20.0 Å². The van der Waals surface area contributed by atoms with Gasteiger partial charge in [-0.1, -0.05) is 103 Å². The van der Waals surface area contributed by atoms with Crippen molar-refractivity contribution in [2.45, 2.75) is 108 Å². The van der Waals surface area contributed by atoms with Crippen molar-refractivity contribution in [3.05, 3.63) is 147 Å². The van der Waals surface area contributed by atoms with E-state index in [0.29, 0.717) is 46.1 Å². The highest BCUT2D eigenvalue weighted by Crippen LogP contribution is 2.47. The molecule has 0 amide bonds. The Morgan fingerprint density at radius 1 is 0.764 bits per heavy atom. The Kier molecular flexibility index (Phi) is 14.6. The molecule has 1 aliphatic carbocycles.